The summed E-state index contributed by atoms with van der Waals surface area (Å²) in [7, 11) is 0. The van der Waals surface area contributed by atoms with Crippen molar-refractivity contribution < 1.29 is 13.2 Å². The highest BCUT2D eigenvalue weighted by Gasteiger charge is 2.34. The number of amidine groups is 1. The molecule has 0 radical (unpaired) electrons. The van der Waals surface area contributed by atoms with E-state index in [1.54, 1.807) is 12.1 Å². The number of anilines is 2. The fraction of sp³-hybridized carbons (Fsp3) is 0.308. The molecule has 0 aliphatic carbocycles. The smallest absolute Gasteiger partial charge is 0.369 e. The number of nitrogens with zero attached hydrogens (tertiary/aromatic N) is 3. The number of piperazine rings is 1. The van der Waals surface area contributed by atoms with E-state index in [0.717, 1.165) is 55.5 Å². The van der Waals surface area contributed by atoms with Crippen LogP contribution in [0.3, 0.4) is 0 Å². The molecule has 0 bridgehead atoms. The van der Waals surface area contributed by atoms with Crippen LogP contribution in [-0.2, 0) is 6.18 Å². The fourth-order valence-corrected chi connectivity index (χ4v) is 4.61. The summed E-state index contributed by atoms with van der Waals surface area (Å²) >= 11 is 0. The van der Waals surface area contributed by atoms with Crippen molar-refractivity contribution in [1.82, 2.24) is 10.3 Å². The lowest BCUT2D eigenvalue weighted by Crippen LogP contribution is -2.43. The molecule has 2 aromatic carbocycles. The predicted octanol–water partition coefficient (Wildman–Crippen LogP) is 5.50. The van der Waals surface area contributed by atoms with Gasteiger partial charge in [-0.3, -0.25) is 4.99 Å². The molecule has 1 fully saturated rings. The molecule has 3 aromatic rings. The molecule has 3 heterocycles. The molecule has 1 unspecified atom stereocenters. The van der Waals surface area contributed by atoms with E-state index in [4.69, 9.17) is 4.99 Å². The highest BCUT2D eigenvalue weighted by atomic mass is 19.4. The first-order valence-corrected chi connectivity index (χ1v) is 11.5. The Bertz CT molecular complexity index is 1220. The van der Waals surface area contributed by atoms with Crippen LogP contribution >= 0.6 is 0 Å². The Morgan fingerprint density at radius 1 is 1.00 bits per heavy atom. The van der Waals surface area contributed by atoms with Gasteiger partial charge in [0.05, 0.1) is 17.3 Å². The number of halogens is 3. The van der Waals surface area contributed by atoms with Gasteiger partial charge in [-0.25, -0.2) is 4.98 Å². The Hall–Kier alpha value is -3.39. The van der Waals surface area contributed by atoms with Crippen molar-refractivity contribution in [3.63, 3.8) is 0 Å². The van der Waals surface area contributed by atoms with Crippen molar-refractivity contribution in [1.29, 1.82) is 0 Å². The van der Waals surface area contributed by atoms with E-state index in [2.05, 4.69) is 33.5 Å². The van der Waals surface area contributed by atoms with Gasteiger partial charge >= 0.3 is 6.18 Å². The molecule has 0 spiro atoms. The molecule has 1 aromatic heterocycles. The van der Waals surface area contributed by atoms with Crippen LogP contribution in [0, 0.1) is 0 Å². The van der Waals surface area contributed by atoms with Crippen LogP contribution in [0.15, 0.2) is 65.7 Å². The molecule has 1 atom stereocenters. The summed E-state index contributed by atoms with van der Waals surface area (Å²) in [6.45, 7) is 5.26. The molecule has 2 aliphatic heterocycles. The lowest BCUT2D eigenvalue weighted by Gasteiger charge is -2.30. The van der Waals surface area contributed by atoms with Crippen LogP contribution in [0.5, 0.6) is 0 Å². The van der Waals surface area contributed by atoms with Crippen LogP contribution < -0.4 is 15.5 Å². The lowest BCUT2D eigenvalue weighted by atomic mass is 10.0. The second kappa shape index (κ2) is 9.10. The molecule has 5 rings (SSSR count). The lowest BCUT2D eigenvalue weighted by molar-refractivity contribution is -0.137. The zero-order chi connectivity index (χ0) is 23.7. The maximum atomic E-state index is 13.8. The van der Waals surface area contributed by atoms with Gasteiger partial charge in [0, 0.05) is 49.1 Å². The third kappa shape index (κ3) is 4.37. The van der Waals surface area contributed by atoms with Crippen molar-refractivity contribution in [3.8, 4) is 11.3 Å². The van der Waals surface area contributed by atoms with E-state index in [-0.39, 0.29) is 17.3 Å². The number of aromatic nitrogens is 1. The van der Waals surface area contributed by atoms with Gasteiger partial charge in [0.25, 0.3) is 0 Å². The summed E-state index contributed by atoms with van der Waals surface area (Å²) in [4.78, 5) is 11.6. The zero-order valence-corrected chi connectivity index (χ0v) is 18.9. The van der Waals surface area contributed by atoms with E-state index in [1.807, 2.05) is 24.3 Å². The molecule has 176 valence electrons. The maximum absolute atomic E-state index is 13.8. The summed E-state index contributed by atoms with van der Waals surface area (Å²) in [6, 6.07) is 17.3. The minimum absolute atomic E-state index is 0.0560. The molecule has 34 heavy (non-hydrogen) atoms. The van der Waals surface area contributed by atoms with Gasteiger partial charge in [0.1, 0.15) is 11.7 Å². The Morgan fingerprint density at radius 3 is 2.44 bits per heavy atom. The second-order valence-corrected chi connectivity index (χ2v) is 8.49. The summed E-state index contributed by atoms with van der Waals surface area (Å²) < 4.78 is 41.4. The zero-order valence-electron chi connectivity index (χ0n) is 18.9. The standard InChI is InChI=1S/C26H26F3N5/c1-2-22-18-7-3-4-8-19(18)25(32-22)33-24-16-17(34-13-11-30-12-14-34)15-23(31-24)20-9-5-6-10-21(20)26(27,28)29/h3-10,15-16,22,30H,2,11-14H2,1H3,(H,31,32,33). The Balaban J connectivity index is 1.59. The Morgan fingerprint density at radius 2 is 1.71 bits per heavy atom. The topological polar surface area (TPSA) is 52.6 Å². The van der Waals surface area contributed by atoms with Crippen LogP contribution in [0.4, 0.5) is 24.7 Å². The quantitative estimate of drug-likeness (QED) is 0.534. The van der Waals surface area contributed by atoms with Crippen LogP contribution in [0.2, 0.25) is 0 Å². The Kier molecular flexibility index (Phi) is 6.00. The number of pyridine rings is 1. The van der Waals surface area contributed by atoms with Gasteiger partial charge in [-0.15, -0.1) is 0 Å². The largest absolute Gasteiger partial charge is 0.417 e. The highest BCUT2D eigenvalue weighted by Crippen LogP contribution is 2.38. The van der Waals surface area contributed by atoms with Crippen LogP contribution in [-0.4, -0.2) is 37.0 Å². The molecule has 2 aliphatic rings. The summed E-state index contributed by atoms with van der Waals surface area (Å²) in [5.41, 5.74) is 2.64. The van der Waals surface area contributed by atoms with E-state index >= 15 is 0 Å². The van der Waals surface area contributed by atoms with Crippen molar-refractivity contribution in [3.05, 3.63) is 77.4 Å². The van der Waals surface area contributed by atoms with Gasteiger partial charge in [0.15, 0.2) is 0 Å². The first-order valence-electron chi connectivity index (χ1n) is 11.5. The van der Waals surface area contributed by atoms with Gasteiger partial charge < -0.3 is 15.5 Å². The minimum atomic E-state index is -4.47. The predicted molar refractivity (Wildman–Crippen MR) is 129 cm³/mol. The summed E-state index contributed by atoms with van der Waals surface area (Å²) in [5.74, 6) is 1.18. The molecular formula is C26H26F3N5. The van der Waals surface area contributed by atoms with Gasteiger partial charge in [0.2, 0.25) is 0 Å². The number of nitrogens with one attached hydrogen (secondary N) is 2. The van der Waals surface area contributed by atoms with E-state index < -0.39 is 11.7 Å². The first kappa shape index (κ1) is 22.4. The number of alkyl halides is 3. The normalized spacial score (nSPS) is 17.9. The third-order valence-electron chi connectivity index (χ3n) is 6.29. The van der Waals surface area contributed by atoms with Crippen molar-refractivity contribution >= 4 is 17.3 Å². The van der Waals surface area contributed by atoms with Gasteiger partial charge in [-0.2, -0.15) is 13.2 Å². The van der Waals surface area contributed by atoms with Crippen molar-refractivity contribution in [2.45, 2.75) is 25.6 Å². The number of fused-ring (bicyclic) bond motifs is 1. The molecule has 8 heteroatoms. The fourth-order valence-electron chi connectivity index (χ4n) is 4.61. The van der Waals surface area contributed by atoms with Crippen LogP contribution in [0.25, 0.3) is 11.3 Å². The Labute approximate surface area is 196 Å². The number of hydrogen-bond donors (Lipinski definition) is 2. The molecule has 2 N–H and O–H groups in total. The minimum Gasteiger partial charge on any atom is -0.369 e. The van der Waals surface area contributed by atoms with Crippen molar-refractivity contribution in [2.24, 2.45) is 4.99 Å². The summed E-state index contributed by atoms with van der Waals surface area (Å²) in [6.07, 6.45) is -3.61. The van der Waals surface area contributed by atoms with E-state index in [1.165, 1.54) is 12.1 Å². The highest BCUT2D eigenvalue weighted by molar-refractivity contribution is 6.11. The molecule has 1 saturated heterocycles. The SMILES string of the molecule is CCC1N=C(Nc2cc(N3CCNCC3)cc(-c3ccccc3C(F)(F)F)n2)c2ccccc21. The third-order valence-corrected chi connectivity index (χ3v) is 6.29. The van der Waals surface area contributed by atoms with E-state index in [0.29, 0.717) is 11.7 Å². The number of benzene rings is 2. The molecular weight excluding hydrogens is 439 g/mol. The summed E-state index contributed by atoms with van der Waals surface area (Å²) in [5, 5.41) is 6.64. The molecule has 0 amide bonds. The molecule has 5 nitrogen and oxygen atoms in total. The maximum Gasteiger partial charge on any atom is 0.417 e. The number of hydrogen-bond acceptors (Lipinski definition) is 5. The number of rotatable bonds is 4. The van der Waals surface area contributed by atoms with Gasteiger partial charge in [-0.05, 0) is 24.1 Å². The van der Waals surface area contributed by atoms with Crippen molar-refractivity contribution in [2.75, 3.05) is 36.4 Å². The monoisotopic (exact) mass is 465 g/mol. The number of aliphatic imine (C=N–C) groups is 1. The second-order valence-electron chi connectivity index (χ2n) is 8.49. The van der Waals surface area contributed by atoms with Gasteiger partial charge in [-0.1, -0.05) is 49.4 Å². The average Bonchev–Trinajstić information content (AvgIpc) is 3.21. The molecule has 0 saturated carbocycles. The first-order chi connectivity index (χ1) is 16.4. The van der Waals surface area contributed by atoms with E-state index in [9.17, 15) is 13.2 Å². The van der Waals surface area contributed by atoms with Crippen LogP contribution in [0.1, 0.15) is 36.1 Å². The average molecular weight is 466 g/mol.